The highest BCUT2D eigenvalue weighted by Crippen LogP contribution is 2.28. The maximum absolute atomic E-state index is 13.9. The first-order chi connectivity index (χ1) is 13.3. The van der Waals surface area contributed by atoms with E-state index in [0.717, 1.165) is 0 Å². The zero-order valence-electron chi connectivity index (χ0n) is 15.1. The summed E-state index contributed by atoms with van der Waals surface area (Å²) in [5.74, 6) is -0.782. The molecular formula is C19H17FN2O4S2. The van der Waals surface area contributed by atoms with E-state index in [2.05, 4.69) is 10.3 Å². The Morgan fingerprint density at radius 3 is 2.54 bits per heavy atom. The average Bonchev–Trinajstić information content (AvgIpc) is 3.16. The molecule has 0 radical (unpaired) electrons. The lowest BCUT2D eigenvalue weighted by molar-refractivity contribution is 0.102. The molecule has 0 saturated carbocycles. The monoisotopic (exact) mass is 420 g/mol. The summed E-state index contributed by atoms with van der Waals surface area (Å²) in [5, 5.41) is 4.71. The van der Waals surface area contributed by atoms with Crippen LogP contribution in [0.4, 0.5) is 9.52 Å². The zero-order chi connectivity index (χ0) is 20.3. The molecular weight excluding hydrogens is 403 g/mol. The second-order valence-electron chi connectivity index (χ2n) is 5.77. The van der Waals surface area contributed by atoms with E-state index < -0.39 is 21.6 Å². The number of sulfone groups is 1. The molecule has 2 aromatic carbocycles. The Hall–Kier alpha value is -2.78. The minimum Gasteiger partial charge on any atom is -0.494 e. The Balaban J connectivity index is 1.74. The molecule has 0 aliphatic heterocycles. The number of halogens is 1. The first-order valence-corrected chi connectivity index (χ1v) is 10.8. The van der Waals surface area contributed by atoms with Gasteiger partial charge in [-0.15, -0.1) is 11.3 Å². The van der Waals surface area contributed by atoms with E-state index in [4.69, 9.17) is 4.74 Å². The van der Waals surface area contributed by atoms with Crippen molar-refractivity contribution in [1.29, 1.82) is 0 Å². The second kappa shape index (κ2) is 8.07. The third-order valence-electron chi connectivity index (χ3n) is 4.03. The zero-order valence-corrected chi connectivity index (χ0v) is 16.7. The minimum atomic E-state index is -3.32. The normalized spacial score (nSPS) is 11.2. The molecule has 0 aliphatic carbocycles. The van der Waals surface area contributed by atoms with E-state index in [1.165, 1.54) is 54.8 Å². The number of carbonyl (C=O) groups excluding carboxylic acids is 1. The van der Waals surface area contributed by atoms with Crippen LogP contribution < -0.4 is 10.1 Å². The predicted octanol–water partition coefficient (Wildman–Crippen LogP) is 4.00. The van der Waals surface area contributed by atoms with Gasteiger partial charge in [0.15, 0.2) is 26.5 Å². The van der Waals surface area contributed by atoms with Crippen molar-refractivity contribution in [1.82, 2.24) is 4.98 Å². The molecule has 1 aromatic heterocycles. The summed E-state index contributed by atoms with van der Waals surface area (Å²) >= 11 is 1.20. The van der Waals surface area contributed by atoms with Crippen molar-refractivity contribution in [2.75, 3.05) is 18.2 Å². The summed E-state index contributed by atoms with van der Waals surface area (Å²) < 4.78 is 42.4. The molecule has 0 unspecified atom stereocenters. The SMILES string of the molecule is CCS(=O)(=O)c1ccc(C(=O)Nc2nc(-c3ccc(OC)c(F)c3)cs2)cc1. The van der Waals surface area contributed by atoms with Crippen LogP contribution in [0.3, 0.4) is 0 Å². The number of ether oxygens (including phenoxy) is 1. The summed E-state index contributed by atoms with van der Waals surface area (Å²) in [5.41, 5.74) is 1.39. The highest BCUT2D eigenvalue weighted by atomic mass is 32.2. The highest BCUT2D eigenvalue weighted by molar-refractivity contribution is 7.91. The first-order valence-electron chi connectivity index (χ1n) is 8.27. The van der Waals surface area contributed by atoms with Crippen molar-refractivity contribution in [3.8, 4) is 17.0 Å². The average molecular weight is 420 g/mol. The quantitative estimate of drug-likeness (QED) is 0.651. The van der Waals surface area contributed by atoms with Crippen LogP contribution >= 0.6 is 11.3 Å². The molecule has 3 rings (SSSR count). The fraction of sp³-hybridized carbons (Fsp3) is 0.158. The van der Waals surface area contributed by atoms with Gasteiger partial charge >= 0.3 is 0 Å². The van der Waals surface area contributed by atoms with Gasteiger partial charge in [-0.05, 0) is 42.5 Å². The van der Waals surface area contributed by atoms with Gasteiger partial charge in [0.1, 0.15) is 0 Å². The molecule has 3 aromatic rings. The number of aromatic nitrogens is 1. The molecule has 0 spiro atoms. The number of hydrogen-bond donors (Lipinski definition) is 1. The van der Waals surface area contributed by atoms with Gasteiger partial charge in [-0.2, -0.15) is 0 Å². The number of anilines is 1. The number of amides is 1. The summed E-state index contributed by atoms with van der Waals surface area (Å²) in [6.45, 7) is 1.56. The molecule has 1 amide bonds. The number of hydrogen-bond acceptors (Lipinski definition) is 6. The molecule has 0 saturated heterocycles. The van der Waals surface area contributed by atoms with Crippen LogP contribution in [-0.2, 0) is 9.84 Å². The standard InChI is InChI=1S/C19H17FN2O4S2/c1-3-28(24,25)14-7-4-12(5-8-14)18(23)22-19-21-16(11-27-19)13-6-9-17(26-2)15(20)10-13/h4-11H,3H2,1-2H3,(H,21,22,23). The van der Waals surface area contributed by atoms with Gasteiger partial charge in [0.2, 0.25) is 0 Å². The molecule has 146 valence electrons. The maximum atomic E-state index is 13.9. The van der Waals surface area contributed by atoms with Crippen molar-refractivity contribution in [3.05, 3.63) is 59.2 Å². The summed E-state index contributed by atoms with van der Waals surface area (Å²) in [4.78, 5) is 16.8. The van der Waals surface area contributed by atoms with Gasteiger partial charge in [-0.1, -0.05) is 6.92 Å². The minimum absolute atomic E-state index is 0.00755. The lowest BCUT2D eigenvalue weighted by Gasteiger charge is -2.05. The Morgan fingerprint density at radius 1 is 1.21 bits per heavy atom. The van der Waals surface area contributed by atoms with Crippen LogP contribution in [0.25, 0.3) is 11.3 Å². The van der Waals surface area contributed by atoms with Crippen molar-refractivity contribution in [2.45, 2.75) is 11.8 Å². The highest BCUT2D eigenvalue weighted by Gasteiger charge is 2.14. The number of nitrogens with zero attached hydrogens (tertiary/aromatic N) is 1. The fourth-order valence-electron chi connectivity index (χ4n) is 2.44. The van der Waals surface area contributed by atoms with Crippen LogP contribution in [0.2, 0.25) is 0 Å². The second-order valence-corrected chi connectivity index (χ2v) is 8.91. The number of thiazole rings is 1. The summed E-state index contributed by atoms with van der Waals surface area (Å²) in [6, 6.07) is 10.2. The molecule has 28 heavy (non-hydrogen) atoms. The molecule has 0 atom stereocenters. The molecule has 0 bridgehead atoms. The van der Waals surface area contributed by atoms with E-state index in [1.54, 1.807) is 18.4 Å². The predicted molar refractivity (Wildman–Crippen MR) is 106 cm³/mol. The molecule has 9 heteroatoms. The van der Waals surface area contributed by atoms with E-state index >= 15 is 0 Å². The number of methoxy groups -OCH3 is 1. The molecule has 0 fully saturated rings. The van der Waals surface area contributed by atoms with Gasteiger partial charge in [0, 0.05) is 16.5 Å². The van der Waals surface area contributed by atoms with Crippen LogP contribution in [0.1, 0.15) is 17.3 Å². The van der Waals surface area contributed by atoms with Crippen molar-refractivity contribution in [2.24, 2.45) is 0 Å². The van der Waals surface area contributed by atoms with Crippen molar-refractivity contribution in [3.63, 3.8) is 0 Å². The maximum Gasteiger partial charge on any atom is 0.257 e. The largest absolute Gasteiger partial charge is 0.494 e. The lowest BCUT2D eigenvalue weighted by Crippen LogP contribution is -2.12. The topological polar surface area (TPSA) is 85.4 Å². The van der Waals surface area contributed by atoms with Gasteiger partial charge < -0.3 is 4.74 Å². The van der Waals surface area contributed by atoms with Gasteiger partial charge in [-0.25, -0.2) is 17.8 Å². The van der Waals surface area contributed by atoms with Crippen LogP contribution in [0.5, 0.6) is 5.75 Å². The third kappa shape index (κ3) is 4.20. The van der Waals surface area contributed by atoms with Gasteiger partial charge in [0.25, 0.3) is 5.91 Å². The Morgan fingerprint density at radius 2 is 1.93 bits per heavy atom. The smallest absolute Gasteiger partial charge is 0.257 e. The van der Waals surface area contributed by atoms with Gasteiger partial charge in [0.05, 0.1) is 23.5 Å². The van der Waals surface area contributed by atoms with Crippen molar-refractivity contribution < 1.29 is 22.3 Å². The Bertz CT molecular complexity index is 1110. The van der Waals surface area contributed by atoms with E-state index in [9.17, 15) is 17.6 Å². The van der Waals surface area contributed by atoms with Gasteiger partial charge in [-0.3, -0.25) is 10.1 Å². The number of benzene rings is 2. The summed E-state index contributed by atoms with van der Waals surface area (Å²) in [6.07, 6.45) is 0. The molecule has 1 heterocycles. The molecule has 0 aliphatic rings. The van der Waals surface area contributed by atoms with Crippen molar-refractivity contribution >= 4 is 32.2 Å². The number of carbonyl (C=O) groups is 1. The van der Waals surface area contributed by atoms with E-state index in [1.807, 2.05) is 0 Å². The lowest BCUT2D eigenvalue weighted by atomic mass is 10.1. The summed E-state index contributed by atoms with van der Waals surface area (Å²) in [7, 11) is -1.93. The Labute approximate surface area is 165 Å². The number of rotatable bonds is 6. The molecule has 1 N–H and O–H groups in total. The molecule has 6 nitrogen and oxygen atoms in total. The first kappa shape index (κ1) is 20.0. The van der Waals surface area contributed by atoms with Crippen LogP contribution in [0, 0.1) is 5.82 Å². The van der Waals surface area contributed by atoms with E-state index in [-0.39, 0.29) is 16.4 Å². The van der Waals surface area contributed by atoms with Crippen LogP contribution in [-0.4, -0.2) is 32.2 Å². The Kier molecular flexibility index (Phi) is 5.76. The van der Waals surface area contributed by atoms with Crippen LogP contribution in [0.15, 0.2) is 52.7 Å². The number of nitrogens with one attached hydrogen (secondary N) is 1. The van der Waals surface area contributed by atoms with E-state index in [0.29, 0.717) is 22.0 Å². The third-order valence-corrected chi connectivity index (χ3v) is 6.54. The fourth-order valence-corrected chi connectivity index (χ4v) is 4.04.